The Morgan fingerprint density at radius 1 is 1.00 bits per heavy atom. The number of benzene rings is 3. The molecule has 0 fully saturated rings. The molecule has 0 saturated heterocycles. The van der Waals surface area contributed by atoms with Gasteiger partial charge in [0.2, 0.25) is 5.90 Å². The normalized spacial score (nSPS) is 14.2. The van der Waals surface area contributed by atoms with Crippen molar-refractivity contribution in [3.8, 4) is 11.5 Å². The zero-order valence-corrected chi connectivity index (χ0v) is 16.4. The summed E-state index contributed by atoms with van der Waals surface area (Å²) in [6.07, 6.45) is 1.55. The molecule has 0 N–H and O–H groups in total. The number of halogens is 1. The van der Waals surface area contributed by atoms with Crippen molar-refractivity contribution in [3.05, 3.63) is 101 Å². The molecule has 3 aromatic carbocycles. The number of carbonyl (C=O) groups is 2. The SMILES string of the molecule is COc1cc(C=C2N=C(c3ccccc3)OC2=O)ccc1OC(=O)c1ccc(F)cc1. The van der Waals surface area contributed by atoms with Gasteiger partial charge in [-0.1, -0.05) is 24.3 Å². The Kier molecular flexibility index (Phi) is 5.57. The summed E-state index contributed by atoms with van der Waals surface area (Å²) in [6.45, 7) is 0. The fourth-order valence-electron chi connectivity index (χ4n) is 2.87. The summed E-state index contributed by atoms with van der Waals surface area (Å²) in [5.41, 5.74) is 1.63. The molecule has 1 aliphatic heterocycles. The van der Waals surface area contributed by atoms with Gasteiger partial charge in [-0.3, -0.25) is 0 Å². The third-order valence-electron chi connectivity index (χ3n) is 4.41. The second-order valence-electron chi connectivity index (χ2n) is 6.51. The minimum absolute atomic E-state index is 0.136. The van der Waals surface area contributed by atoms with Gasteiger partial charge in [0.25, 0.3) is 0 Å². The summed E-state index contributed by atoms with van der Waals surface area (Å²) < 4.78 is 28.9. The molecule has 31 heavy (non-hydrogen) atoms. The van der Waals surface area contributed by atoms with E-state index >= 15 is 0 Å². The second kappa shape index (κ2) is 8.62. The summed E-state index contributed by atoms with van der Waals surface area (Å²) in [5, 5.41) is 0. The number of ether oxygens (including phenoxy) is 3. The molecule has 7 heteroatoms. The molecule has 0 radical (unpaired) electrons. The van der Waals surface area contributed by atoms with Crippen molar-refractivity contribution < 1.29 is 28.2 Å². The van der Waals surface area contributed by atoms with Crippen molar-refractivity contribution in [2.75, 3.05) is 7.11 Å². The van der Waals surface area contributed by atoms with Gasteiger partial charge < -0.3 is 14.2 Å². The van der Waals surface area contributed by atoms with Gasteiger partial charge in [0, 0.05) is 5.56 Å². The van der Waals surface area contributed by atoms with Crippen molar-refractivity contribution in [3.63, 3.8) is 0 Å². The lowest BCUT2D eigenvalue weighted by Gasteiger charge is -2.10. The number of carbonyl (C=O) groups excluding carboxylic acids is 2. The van der Waals surface area contributed by atoms with Crippen LogP contribution >= 0.6 is 0 Å². The number of hydrogen-bond acceptors (Lipinski definition) is 6. The highest BCUT2D eigenvalue weighted by Gasteiger charge is 2.24. The van der Waals surface area contributed by atoms with Crippen molar-refractivity contribution in [1.29, 1.82) is 0 Å². The Morgan fingerprint density at radius 3 is 2.45 bits per heavy atom. The molecule has 1 aliphatic rings. The molecular weight excluding hydrogens is 401 g/mol. The fourth-order valence-corrected chi connectivity index (χ4v) is 2.87. The van der Waals surface area contributed by atoms with Crippen molar-refractivity contribution in [2.45, 2.75) is 0 Å². The lowest BCUT2D eigenvalue weighted by atomic mass is 10.1. The molecule has 0 aliphatic carbocycles. The van der Waals surface area contributed by atoms with Gasteiger partial charge in [-0.25, -0.2) is 19.0 Å². The number of methoxy groups -OCH3 is 1. The predicted octanol–water partition coefficient (Wildman–Crippen LogP) is 4.40. The van der Waals surface area contributed by atoms with E-state index in [1.807, 2.05) is 18.2 Å². The molecule has 4 rings (SSSR count). The van der Waals surface area contributed by atoms with Crippen LogP contribution < -0.4 is 9.47 Å². The largest absolute Gasteiger partial charge is 0.493 e. The lowest BCUT2D eigenvalue weighted by Crippen LogP contribution is -2.09. The third-order valence-corrected chi connectivity index (χ3v) is 4.41. The third kappa shape index (κ3) is 4.51. The summed E-state index contributed by atoms with van der Waals surface area (Å²) in [5.74, 6) is -0.973. The zero-order chi connectivity index (χ0) is 21.8. The molecule has 3 aromatic rings. The van der Waals surface area contributed by atoms with Crippen LogP contribution in [0.15, 0.2) is 83.5 Å². The highest BCUT2D eigenvalue weighted by Crippen LogP contribution is 2.30. The molecule has 0 bridgehead atoms. The first-order valence-corrected chi connectivity index (χ1v) is 9.27. The number of rotatable bonds is 5. The minimum Gasteiger partial charge on any atom is -0.493 e. The molecule has 0 saturated carbocycles. The van der Waals surface area contributed by atoms with Gasteiger partial charge in [0.05, 0.1) is 12.7 Å². The van der Waals surface area contributed by atoms with Crippen LogP contribution in [0.5, 0.6) is 11.5 Å². The number of hydrogen-bond donors (Lipinski definition) is 0. The summed E-state index contributed by atoms with van der Waals surface area (Å²) in [4.78, 5) is 28.7. The van der Waals surface area contributed by atoms with E-state index in [9.17, 15) is 14.0 Å². The van der Waals surface area contributed by atoms with Crippen LogP contribution in [-0.4, -0.2) is 24.9 Å². The van der Waals surface area contributed by atoms with Crippen LogP contribution in [-0.2, 0) is 9.53 Å². The highest BCUT2D eigenvalue weighted by atomic mass is 19.1. The topological polar surface area (TPSA) is 74.2 Å². The molecule has 0 atom stereocenters. The second-order valence-corrected chi connectivity index (χ2v) is 6.51. The highest BCUT2D eigenvalue weighted by molar-refractivity contribution is 6.12. The molecular formula is C24H16FNO5. The Morgan fingerprint density at radius 2 is 1.74 bits per heavy atom. The summed E-state index contributed by atoms with van der Waals surface area (Å²) in [7, 11) is 1.43. The minimum atomic E-state index is -0.652. The molecule has 0 unspecified atom stereocenters. The molecule has 1 heterocycles. The molecule has 0 amide bonds. The quantitative estimate of drug-likeness (QED) is 0.350. The van der Waals surface area contributed by atoms with Crippen molar-refractivity contribution >= 4 is 23.9 Å². The number of aliphatic imine (C=N–C) groups is 1. The number of nitrogens with zero attached hydrogens (tertiary/aromatic N) is 1. The maximum Gasteiger partial charge on any atom is 0.363 e. The van der Waals surface area contributed by atoms with Crippen LogP contribution in [0.25, 0.3) is 6.08 Å². The van der Waals surface area contributed by atoms with E-state index in [1.54, 1.807) is 30.3 Å². The lowest BCUT2D eigenvalue weighted by molar-refractivity contribution is -0.129. The van der Waals surface area contributed by atoms with Gasteiger partial charge in [0.15, 0.2) is 17.2 Å². The fraction of sp³-hybridized carbons (Fsp3) is 0.0417. The first kappa shape index (κ1) is 20.0. The van der Waals surface area contributed by atoms with Crippen LogP contribution in [0.3, 0.4) is 0 Å². The maximum atomic E-state index is 13.0. The maximum absolute atomic E-state index is 13.0. The van der Waals surface area contributed by atoms with E-state index in [0.717, 1.165) is 0 Å². The van der Waals surface area contributed by atoms with E-state index < -0.39 is 17.8 Å². The Balaban J connectivity index is 1.56. The van der Waals surface area contributed by atoms with Gasteiger partial charge in [-0.05, 0) is 60.2 Å². The summed E-state index contributed by atoms with van der Waals surface area (Å²) in [6, 6.07) is 18.9. The van der Waals surface area contributed by atoms with Gasteiger partial charge >= 0.3 is 11.9 Å². The average molecular weight is 417 g/mol. The van der Waals surface area contributed by atoms with E-state index in [2.05, 4.69) is 4.99 Å². The Labute approximate surface area is 177 Å². The Bertz CT molecular complexity index is 1200. The first-order chi connectivity index (χ1) is 15.0. The first-order valence-electron chi connectivity index (χ1n) is 9.27. The molecule has 154 valence electrons. The van der Waals surface area contributed by atoms with Gasteiger partial charge in [-0.15, -0.1) is 0 Å². The standard InChI is InChI=1S/C24H16FNO5/c1-29-21-14-15(7-12-20(21)30-23(27)17-8-10-18(25)11-9-17)13-19-24(28)31-22(26-19)16-5-3-2-4-6-16/h2-14H,1H3. The number of esters is 2. The van der Waals surface area contributed by atoms with E-state index in [-0.39, 0.29) is 28.7 Å². The van der Waals surface area contributed by atoms with Crippen LogP contribution in [0.4, 0.5) is 4.39 Å². The van der Waals surface area contributed by atoms with Crippen LogP contribution in [0.1, 0.15) is 21.5 Å². The monoisotopic (exact) mass is 417 g/mol. The van der Waals surface area contributed by atoms with Gasteiger partial charge in [0.1, 0.15) is 5.82 Å². The summed E-state index contributed by atoms with van der Waals surface area (Å²) >= 11 is 0. The number of cyclic esters (lactones) is 1. The molecule has 0 aromatic heterocycles. The van der Waals surface area contributed by atoms with E-state index in [0.29, 0.717) is 11.1 Å². The predicted molar refractivity (Wildman–Crippen MR) is 111 cm³/mol. The molecule has 0 spiro atoms. The van der Waals surface area contributed by atoms with Crippen LogP contribution in [0.2, 0.25) is 0 Å². The van der Waals surface area contributed by atoms with Crippen molar-refractivity contribution in [1.82, 2.24) is 0 Å². The van der Waals surface area contributed by atoms with Gasteiger partial charge in [-0.2, -0.15) is 0 Å². The van der Waals surface area contributed by atoms with E-state index in [1.165, 1.54) is 37.4 Å². The zero-order valence-electron chi connectivity index (χ0n) is 16.4. The Hall–Kier alpha value is -4.26. The smallest absolute Gasteiger partial charge is 0.363 e. The average Bonchev–Trinajstić information content (AvgIpc) is 3.16. The molecule has 6 nitrogen and oxygen atoms in total. The van der Waals surface area contributed by atoms with Crippen molar-refractivity contribution in [2.24, 2.45) is 4.99 Å². The van der Waals surface area contributed by atoms with Crippen LogP contribution in [0, 0.1) is 5.82 Å². The van der Waals surface area contributed by atoms with E-state index in [4.69, 9.17) is 14.2 Å².